The molecule has 0 saturated heterocycles. The van der Waals surface area contributed by atoms with Crippen LogP contribution >= 0.6 is 15.6 Å². The van der Waals surface area contributed by atoms with E-state index in [1.165, 1.54) is 12.8 Å². The fourth-order valence-corrected chi connectivity index (χ4v) is 1.45. The summed E-state index contributed by atoms with van der Waals surface area (Å²) in [5.41, 5.74) is 5.14. The molecule has 0 atom stereocenters. The third kappa shape index (κ3) is 22.8. The van der Waals surface area contributed by atoms with E-state index in [0.29, 0.717) is 0 Å². The van der Waals surface area contributed by atoms with Gasteiger partial charge in [0.05, 0.1) is 0 Å². The van der Waals surface area contributed by atoms with Crippen LogP contribution in [0.25, 0.3) is 0 Å². The average Bonchev–Trinajstić information content (AvgIpc) is 1.81. The molecule has 10 heteroatoms. The molecule has 0 fully saturated rings. The highest BCUT2D eigenvalue weighted by molar-refractivity contribution is 7.60. The zero-order valence-electron chi connectivity index (χ0n) is 7.61. The molecule has 8 nitrogen and oxygen atoms in total. The Bertz CT molecular complexity index is 198. The van der Waals surface area contributed by atoms with Crippen molar-refractivity contribution in [2.75, 3.05) is 6.54 Å². The molecule has 6 N–H and O–H groups in total. The molecule has 0 aromatic carbocycles. The number of hydrogen-bond acceptors (Lipinski definition) is 4. The van der Waals surface area contributed by atoms with Crippen molar-refractivity contribution in [2.45, 2.75) is 19.8 Å². The number of unbranched alkanes of at least 4 members (excludes halogenated alkanes) is 1. The topological polar surface area (TPSA) is 150 Å². The lowest BCUT2D eigenvalue weighted by Crippen LogP contribution is -1.95. The fourth-order valence-electron chi connectivity index (χ4n) is 0.343. The molecule has 0 bridgehead atoms. The lowest BCUT2D eigenvalue weighted by atomic mass is 10.3. The largest absolute Gasteiger partial charge is 0.478 e. The highest BCUT2D eigenvalue weighted by Crippen LogP contribution is 2.53. The SMILES string of the molecule is CCCCN.O=P(O)(O)OP(=O)(O)O. The second kappa shape index (κ2) is 7.50. The van der Waals surface area contributed by atoms with Gasteiger partial charge in [-0.2, -0.15) is 4.31 Å². The Morgan fingerprint density at radius 1 is 1.14 bits per heavy atom. The maximum atomic E-state index is 9.63. The summed E-state index contributed by atoms with van der Waals surface area (Å²) in [5, 5.41) is 0. The number of phosphoric acid groups is 2. The summed E-state index contributed by atoms with van der Waals surface area (Å²) < 4.78 is 22.2. The van der Waals surface area contributed by atoms with Crippen LogP contribution in [0.3, 0.4) is 0 Å². The third-order valence-electron chi connectivity index (χ3n) is 0.770. The zero-order valence-corrected chi connectivity index (χ0v) is 9.40. The van der Waals surface area contributed by atoms with Crippen molar-refractivity contribution in [3.63, 3.8) is 0 Å². The predicted molar refractivity (Wildman–Crippen MR) is 49.1 cm³/mol. The maximum Gasteiger partial charge on any atom is 0.478 e. The maximum absolute atomic E-state index is 9.63. The zero-order chi connectivity index (χ0) is 11.8. The van der Waals surface area contributed by atoms with Gasteiger partial charge in [-0.15, -0.1) is 0 Å². The first-order valence-corrected chi connectivity index (χ1v) is 6.71. The predicted octanol–water partition coefficient (Wildman–Crippen LogP) is -0.0664. The van der Waals surface area contributed by atoms with Gasteiger partial charge in [-0.25, -0.2) is 9.13 Å². The van der Waals surface area contributed by atoms with Gasteiger partial charge in [0.2, 0.25) is 0 Å². The van der Waals surface area contributed by atoms with Gasteiger partial charge in [0.1, 0.15) is 0 Å². The van der Waals surface area contributed by atoms with Crippen molar-refractivity contribution in [3.8, 4) is 0 Å². The molecular weight excluding hydrogens is 236 g/mol. The minimum absolute atomic E-state index is 0.844. The Kier molecular flexibility index (Phi) is 8.92. The van der Waals surface area contributed by atoms with E-state index < -0.39 is 15.6 Å². The minimum Gasteiger partial charge on any atom is -0.330 e. The second-order valence-electron chi connectivity index (χ2n) is 2.21. The molecule has 0 heterocycles. The van der Waals surface area contributed by atoms with Gasteiger partial charge in [-0.1, -0.05) is 13.3 Å². The molecule has 0 saturated carbocycles. The average molecular weight is 251 g/mol. The van der Waals surface area contributed by atoms with E-state index >= 15 is 0 Å². The Balaban J connectivity index is 0. The Morgan fingerprint density at radius 2 is 1.50 bits per heavy atom. The first-order valence-electron chi connectivity index (χ1n) is 3.65. The number of rotatable bonds is 4. The minimum atomic E-state index is -5.05. The summed E-state index contributed by atoms with van der Waals surface area (Å²) >= 11 is 0. The van der Waals surface area contributed by atoms with E-state index in [9.17, 15) is 9.13 Å². The molecule has 0 radical (unpaired) electrons. The summed E-state index contributed by atoms with van der Waals surface area (Å²) in [6, 6.07) is 0. The lowest BCUT2D eigenvalue weighted by molar-refractivity contribution is 0.225. The molecular formula is C4H15NO7P2. The lowest BCUT2D eigenvalue weighted by Gasteiger charge is -2.03. The summed E-state index contributed by atoms with van der Waals surface area (Å²) in [4.78, 5) is 31.0. The highest BCUT2D eigenvalue weighted by Gasteiger charge is 2.27. The van der Waals surface area contributed by atoms with Crippen LogP contribution < -0.4 is 5.73 Å². The smallest absolute Gasteiger partial charge is 0.330 e. The van der Waals surface area contributed by atoms with Crippen molar-refractivity contribution in [1.29, 1.82) is 0 Å². The van der Waals surface area contributed by atoms with Crippen molar-refractivity contribution in [3.05, 3.63) is 0 Å². The Hall–Kier alpha value is 0.220. The standard InChI is InChI=1S/C4H11N.H4O7P2/c1-2-3-4-5;1-8(2,3)7-9(4,5)6/h2-5H2,1H3;(H2,1,2,3)(H2,4,5,6). The quantitative estimate of drug-likeness (QED) is 0.435. The summed E-state index contributed by atoms with van der Waals surface area (Å²) in [6.45, 7) is 2.98. The molecule has 0 amide bonds. The molecule has 0 unspecified atom stereocenters. The van der Waals surface area contributed by atoms with Crippen molar-refractivity contribution < 1.29 is 33.0 Å². The molecule has 0 aliphatic heterocycles. The van der Waals surface area contributed by atoms with Crippen LogP contribution in [0.2, 0.25) is 0 Å². The van der Waals surface area contributed by atoms with Crippen LogP contribution in [0.15, 0.2) is 0 Å². The van der Waals surface area contributed by atoms with Crippen molar-refractivity contribution in [2.24, 2.45) is 5.73 Å². The van der Waals surface area contributed by atoms with Crippen LogP contribution in [0.1, 0.15) is 19.8 Å². The number of nitrogens with two attached hydrogens (primary N) is 1. The van der Waals surface area contributed by atoms with Gasteiger partial charge in [0.15, 0.2) is 0 Å². The Morgan fingerprint density at radius 3 is 1.50 bits per heavy atom. The van der Waals surface area contributed by atoms with Gasteiger partial charge >= 0.3 is 15.6 Å². The van der Waals surface area contributed by atoms with Crippen molar-refractivity contribution >= 4 is 15.6 Å². The van der Waals surface area contributed by atoms with Gasteiger partial charge in [-0.3, -0.25) is 0 Å². The summed E-state index contributed by atoms with van der Waals surface area (Å²) in [5.74, 6) is 0. The van der Waals surface area contributed by atoms with Crippen LogP contribution in [0.5, 0.6) is 0 Å². The monoisotopic (exact) mass is 251 g/mol. The van der Waals surface area contributed by atoms with Gasteiger partial charge in [0.25, 0.3) is 0 Å². The van der Waals surface area contributed by atoms with E-state index in [1.807, 2.05) is 0 Å². The molecule has 0 aromatic heterocycles. The molecule has 0 spiro atoms. The molecule has 0 rings (SSSR count). The van der Waals surface area contributed by atoms with E-state index in [4.69, 9.17) is 25.3 Å². The van der Waals surface area contributed by atoms with Gasteiger partial charge in [-0.05, 0) is 13.0 Å². The second-order valence-corrected chi connectivity index (χ2v) is 4.82. The molecule has 0 aliphatic carbocycles. The van der Waals surface area contributed by atoms with E-state index in [2.05, 4.69) is 11.2 Å². The normalized spacial score (nSPS) is 11.9. The van der Waals surface area contributed by atoms with E-state index in [0.717, 1.165) is 6.54 Å². The molecule has 88 valence electrons. The Labute approximate surface area is 81.6 Å². The van der Waals surface area contributed by atoms with Crippen LogP contribution in [0.4, 0.5) is 0 Å². The summed E-state index contributed by atoms with van der Waals surface area (Å²) in [7, 11) is -10.1. The van der Waals surface area contributed by atoms with Gasteiger partial charge in [0, 0.05) is 0 Å². The molecule has 0 aromatic rings. The molecule has 0 aliphatic rings. The third-order valence-corrected chi connectivity index (χ3v) is 2.47. The van der Waals surface area contributed by atoms with E-state index in [-0.39, 0.29) is 0 Å². The fraction of sp³-hybridized carbons (Fsp3) is 1.00. The van der Waals surface area contributed by atoms with Crippen LogP contribution in [-0.2, 0) is 13.4 Å². The van der Waals surface area contributed by atoms with Gasteiger partial charge < -0.3 is 25.3 Å². The first-order chi connectivity index (χ1) is 6.12. The molecule has 14 heavy (non-hydrogen) atoms. The summed E-state index contributed by atoms with van der Waals surface area (Å²) in [6.07, 6.45) is 2.39. The van der Waals surface area contributed by atoms with Crippen LogP contribution in [-0.4, -0.2) is 26.1 Å². The van der Waals surface area contributed by atoms with Crippen LogP contribution in [0, 0.1) is 0 Å². The number of hydrogen-bond donors (Lipinski definition) is 5. The van der Waals surface area contributed by atoms with E-state index in [1.54, 1.807) is 0 Å². The van der Waals surface area contributed by atoms with Crippen molar-refractivity contribution in [1.82, 2.24) is 0 Å². The first kappa shape index (κ1) is 16.6. The highest BCUT2D eigenvalue weighted by atomic mass is 31.3.